The molecule has 8 nitrogen and oxygen atoms in total. The Balaban J connectivity index is 1.21. The number of nitrogens with zero attached hydrogens (tertiary/aromatic N) is 3. The summed E-state index contributed by atoms with van der Waals surface area (Å²) < 4.78 is 6.22. The van der Waals surface area contributed by atoms with Crippen LogP contribution < -0.4 is 15.8 Å². The van der Waals surface area contributed by atoms with Crippen molar-refractivity contribution in [3.05, 3.63) is 94.4 Å². The van der Waals surface area contributed by atoms with E-state index in [0.717, 1.165) is 11.3 Å². The number of rotatable bonds is 6. The van der Waals surface area contributed by atoms with Crippen LogP contribution in [-0.2, 0) is 11.3 Å². The molecule has 2 aromatic carbocycles. The first-order chi connectivity index (χ1) is 18.6. The second-order valence-corrected chi connectivity index (χ2v) is 11.3. The van der Waals surface area contributed by atoms with Crippen LogP contribution in [0.5, 0.6) is 0 Å². The molecule has 2 atom stereocenters. The fourth-order valence-electron chi connectivity index (χ4n) is 4.71. The van der Waals surface area contributed by atoms with Crippen molar-refractivity contribution in [3.8, 4) is 0 Å². The van der Waals surface area contributed by atoms with E-state index in [-0.39, 0.29) is 24.3 Å². The first kappa shape index (κ1) is 25.0. The Morgan fingerprint density at radius 1 is 1.16 bits per heavy atom. The maximum Gasteiger partial charge on any atom is 0.271 e. The number of nitrogens with one attached hydrogen (secondary N) is 2. The highest BCUT2D eigenvalue weighted by atomic mass is 32.2. The molecule has 0 bridgehead atoms. The van der Waals surface area contributed by atoms with Gasteiger partial charge in [-0.3, -0.25) is 4.79 Å². The number of hydrogen-bond donors (Lipinski definition) is 3. The molecule has 4 heterocycles. The van der Waals surface area contributed by atoms with E-state index in [4.69, 9.17) is 4.74 Å². The molecule has 0 aliphatic carbocycles. The molecule has 38 heavy (non-hydrogen) atoms. The lowest BCUT2D eigenvalue weighted by molar-refractivity contribution is 0.0378. The summed E-state index contributed by atoms with van der Waals surface area (Å²) in [4.78, 5) is 30.8. The number of benzene rings is 2. The molecule has 2 aromatic heterocycles. The third kappa shape index (κ3) is 5.04. The maximum atomic E-state index is 12.4. The molecular formula is C28H27N5O3S2. The molecule has 2 aliphatic heterocycles. The van der Waals surface area contributed by atoms with E-state index in [1.54, 1.807) is 42.0 Å². The molecule has 0 spiro atoms. The van der Waals surface area contributed by atoms with Gasteiger partial charge < -0.3 is 25.0 Å². The van der Waals surface area contributed by atoms with E-state index < -0.39 is 0 Å². The van der Waals surface area contributed by atoms with Crippen molar-refractivity contribution in [1.29, 1.82) is 0 Å². The molecule has 4 aromatic rings. The fourth-order valence-corrected chi connectivity index (χ4v) is 7.16. The quantitative estimate of drug-likeness (QED) is 0.271. The topological polar surface area (TPSA) is 103 Å². The van der Waals surface area contributed by atoms with Gasteiger partial charge in [0.2, 0.25) is 0 Å². The number of H-pyrrole nitrogens is 1. The Kier molecular flexibility index (Phi) is 7.12. The van der Waals surface area contributed by atoms with Crippen molar-refractivity contribution in [2.24, 2.45) is 0 Å². The number of aromatic amines is 1. The van der Waals surface area contributed by atoms with Crippen LogP contribution in [0.3, 0.4) is 0 Å². The highest BCUT2D eigenvalue weighted by Gasteiger charge is 2.29. The van der Waals surface area contributed by atoms with Crippen LogP contribution in [0.2, 0.25) is 0 Å². The minimum absolute atomic E-state index is 0.0755. The van der Waals surface area contributed by atoms with Crippen LogP contribution in [0, 0.1) is 0 Å². The van der Waals surface area contributed by atoms with E-state index in [9.17, 15) is 9.90 Å². The number of ether oxygens (including phenoxy) is 1. The summed E-state index contributed by atoms with van der Waals surface area (Å²) in [5, 5.41) is 12.9. The summed E-state index contributed by atoms with van der Waals surface area (Å²) >= 11 is 3.52. The van der Waals surface area contributed by atoms with E-state index in [0.29, 0.717) is 36.9 Å². The van der Waals surface area contributed by atoms with Crippen LogP contribution >= 0.6 is 23.5 Å². The SMILES string of the molecule is CC(Nc1ccc2c(c1)Sc1cccc(C3CN(c4ccc[nH]c4=O)CCO3)c1S2)c1nccc(CO)n1. The van der Waals surface area contributed by atoms with E-state index in [1.165, 1.54) is 19.6 Å². The van der Waals surface area contributed by atoms with E-state index in [1.807, 2.05) is 19.1 Å². The Hall–Kier alpha value is -3.31. The molecule has 10 heteroatoms. The summed E-state index contributed by atoms with van der Waals surface area (Å²) in [5.41, 5.74) is 3.35. The first-order valence-corrected chi connectivity index (χ1v) is 14.1. The first-order valence-electron chi connectivity index (χ1n) is 12.4. The van der Waals surface area contributed by atoms with Gasteiger partial charge in [0.25, 0.3) is 5.56 Å². The summed E-state index contributed by atoms with van der Waals surface area (Å²) in [6.07, 6.45) is 3.21. The van der Waals surface area contributed by atoms with Crippen molar-refractivity contribution in [2.75, 3.05) is 29.9 Å². The number of aromatic nitrogens is 3. The predicted molar refractivity (Wildman–Crippen MR) is 149 cm³/mol. The van der Waals surface area contributed by atoms with Crippen LogP contribution in [-0.4, -0.2) is 39.8 Å². The van der Waals surface area contributed by atoms with Crippen molar-refractivity contribution in [2.45, 2.75) is 45.3 Å². The van der Waals surface area contributed by atoms with Gasteiger partial charge in [-0.15, -0.1) is 0 Å². The number of hydrogen-bond acceptors (Lipinski definition) is 9. The molecule has 0 saturated carbocycles. The molecule has 2 unspecified atom stereocenters. The van der Waals surface area contributed by atoms with E-state index >= 15 is 0 Å². The minimum Gasteiger partial charge on any atom is -0.390 e. The molecule has 3 N–H and O–H groups in total. The zero-order chi connectivity index (χ0) is 26.1. The van der Waals surface area contributed by atoms with Crippen LogP contribution in [0.1, 0.15) is 36.2 Å². The zero-order valence-corrected chi connectivity index (χ0v) is 22.4. The van der Waals surface area contributed by atoms with E-state index in [2.05, 4.69) is 61.6 Å². The normalized spacial score (nSPS) is 17.4. The van der Waals surface area contributed by atoms with Gasteiger partial charge in [-0.25, -0.2) is 9.97 Å². The Bertz CT molecular complexity index is 1530. The number of anilines is 2. The molecule has 1 saturated heterocycles. The smallest absolute Gasteiger partial charge is 0.271 e. The maximum absolute atomic E-state index is 12.4. The lowest BCUT2D eigenvalue weighted by Crippen LogP contribution is -2.41. The van der Waals surface area contributed by atoms with Crippen molar-refractivity contribution in [1.82, 2.24) is 15.0 Å². The van der Waals surface area contributed by atoms with Gasteiger partial charge in [0, 0.05) is 50.8 Å². The number of morpholine rings is 1. The summed E-state index contributed by atoms with van der Waals surface area (Å²) in [7, 11) is 0. The Labute approximate surface area is 228 Å². The Morgan fingerprint density at radius 3 is 2.95 bits per heavy atom. The van der Waals surface area contributed by atoms with Gasteiger partial charge in [-0.2, -0.15) is 0 Å². The van der Waals surface area contributed by atoms with Crippen molar-refractivity contribution in [3.63, 3.8) is 0 Å². The van der Waals surface area contributed by atoms with Crippen LogP contribution in [0.4, 0.5) is 11.4 Å². The second kappa shape index (κ2) is 10.8. The number of fused-ring (bicyclic) bond motifs is 2. The standard InChI is InChI=1S/C28H27N5O3S2/c1-17(27-29-11-9-19(16-34)32-27)31-18-7-8-23-25(14-18)37-24-6-2-4-20(26(24)38-23)22-15-33(12-13-36-22)21-5-3-10-30-28(21)35/h2-11,14,17,22,31,34H,12-13,15-16H2,1H3,(H,30,35). The number of pyridine rings is 1. The molecule has 0 amide bonds. The molecular weight excluding hydrogens is 518 g/mol. The lowest BCUT2D eigenvalue weighted by atomic mass is 10.1. The third-order valence-electron chi connectivity index (χ3n) is 6.60. The summed E-state index contributed by atoms with van der Waals surface area (Å²) in [6.45, 7) is 3.78. The van der Waals surface area contributed by atoms with Gasteiger partial charge in [0.15, 0.2) is 5.82 Å². The fraction of sp³-hybridized carbons (Fsp3) is 0.250. The Morgan fingerprint density at radius 2 is 2.08 bits per heavy atom. The van der Waals surface area contributed by atoms with Gasteiger partial charge in [0.1, 0.15) is 11.8 Å². The summed E-state index contributed by atoms with van der Waals surface area (Å²) in [6, 6.07) is 18.1. The molecule has 6 rings (SSSR count). The highest BCUT2D eigenvalue weighted by Crippen LogP contribution is 2.51. The van der Waals surface area contributed by atoms with Gasteiger partial charge >= 0.3 is 0 Å². The largest absolute Gasteiger partial charge is 0.390 e. The molecule has 1 fully saturated rings. The van der Waals surface area contributed by atoms with Gasteiger partial charge in [0.05, 0.1) is 24.9 Å². The van der Waals surface area contributed by atoms with Crippen molar-refractivity contribution >= 4 is 34.9 Å². The minimum atomic E-state index is -0.121. The molecule has 194 valence electrons. The zero-order valence-electron chi connectivity index (χ0n) is 20.8. The average molecular weight is 546 g/mol. The highest BCUT2D eigenvalue weighted by molar-refractivity contribution is 8.05. The molecule has 2 aliphatic rings. The van der Waals surface area contributed by atoms with Gasteiger partial charge in [-0.1, -0.05) is 35.7 Å². The predicted octanol–water partition coefficient (Wildman–Crippen LogP) is 5.02. The monoisotopic (exact) mass is 545 g/mol. The average Bonchev–Trinajstić information content (AvgIpc) is 2.96. The third-order valence-corrected chi connectivity index (χ3v) is 9.21. The molecule has 0 radical (unpaired) electrons. The van der Waals surface area contributed by atoms with Crippen LogP contribution in [0.15, 0.2) is 91.4 Å². The second-order valence-electron chi connectivity index (χ2n) is 9.16. The van der Waals surface area contributed by atoms with Crippen LogP contribution in [0.25, 0.3) is 0 Å². The number of aliphatic hydroxyl groups is 1. The van der Waals surface area contributed by atoms with Gasteiger partial charge in [-0.05, 0) is 55.0 Å². The lowest BCUT2D eigenvalue weighted by Gasteiger charge is -2.35. The number of aliphatic hydroxyl groups excluding tert-OH is 1. The van der Waals surface area contributed by atoms with Crippen molar-refractivity contribution < 1.29 is 9.84 Å². The summed E-state index contributed by atoms with van der Waals surface area (Å²) in [5.74, 6) is 0.644.